The first-order chi connectivity index (χ1) is 22.1. The molecular formula is C32H30F4N6O3S. The molecule has 14 heteroatoms. The summed E-state index contributed by atoms with van der Waals surface area (Å²) in [4.78, 5) is 23.9. The van der Waals surface area contributed by atoms with E-state index >= 15 is 8.78 Å². The number of carbonyl (C=O) groups is 1. The molecular weight excluding hydrogens is 624 g/mol. The Balaban J connectivity index is 0.000000352. The fourth-order valence-electron chi connectivity index (χ4n) is 6.42. The number of alkyl halides is 1. The van der Waals surface area contributed by atoms with Gasteiger partial charge >= 0.3 is 6.01 Å². The van der Waals surface area contributed by atoms with E-state index in [1.54, 1.807) is 0 Å². The normalized spacial score (nSPS) is 20.8. The maximum atomic E-state index is 16.0. The topological polar surface area (TPSA) is 118 Å². The van der Waals surface area contributed by atoms with Gasteiger partial charge in [-0.3, -0.25) is 9.69 Å². The summed E-state index contributed by atoms with van der Waals surface area (Å²) in [5.74, 6) is -3.11. The average Bonchev–Trinajstić information content (AvgIpc) is 3.82. The Kier molecular flexibility index (Phi) is 8.71. The van der Waals surface area contributed by atoms with Crippen LogP contribution in [0.5, 0.6) is 11.9 Å². The van der Waals surface area contributed by atoms with E-state index in [1.165, 1.54) is 37.0 Å². The third-order valence-corrected chi connectivity index (χ3v) is 9.61. The molecule has 3 unspecified atom stereocenters. The molecule has 0 bridgehead atoms. The Morgan fingerprint density at radius 2 is 2.00 bits per heavy atom. The molecule has 0 radical (unpaired) electrons. The minimum absolute atomic E-state index is 0.00889. The summed E-state index contributed by atoms with van der Waals surface area (Å²) in [7, 11) is 1.28. The monoisotopic (exact) mass is 654 g/mol. The molecule has 4 aromatic rings. The Morgan fingerprint density at radius 3 is 2.72 bits per heavy atom. The van der Waals surface area contributed by atoms with Gasteiger partial charge in [-0.2, -0.15) is 15.2 Å². The molecule has 3 fully saturated rings. The number of nitriles is 1. The highest BCUT2D eigenvalue weighted by molar-refractivity contribution is 7.23. The van der Waals surface area contributed by atoms with E-state index in [2.05, 4.69) is 21.4 Å². The number of halogens is 4. The number of nitrogens with two attached hydrogens (primary N) is 1. The van der Waals surface area contributed by atoms with Crippen LogP contribution in [0.2, 0.25) is 0 Å². The number of hydrogen-bond donors (Lipinski definition) is 1. The molecule has 0 saturated carbocycles. The number of hydrogen-bond acceptors (Lipinski definition) is 9. The van der Waals surface area contributed by atoms with Gasteiger partial charge in [-0.25, -0.2) is 17.6 Å². The number of nitrogens with zero attached hydrogens (tertiary/aromatic N) is 5. The van der Waals surface area contributed by atoms with Gasteiger partial charge in [0.15, 0.2) is 5.82 Å². The summed E-state index contributed by atoms with van der Waals surface area (Å²) in [6, 6.07) is 5.54. The second kappa shape index (κ2) is 12.7. The number of amides is 1. The van der Waals surface area contributed by atoms with Crippen LogP contribution in [0.4, 0.5) is 22.6 Å². The summed E-state index contributed by atoms with van der Waals surface area (Å²) >= 11 is 0.820. The minimum atomic E-state index is -1.07. The lowest BCUT2D eigenvalue weighted by molar-refractivity contribution is -0.125. The van der Waals surface area contributed by atoms with Gasteiger partial charge in [-0.1, -0.05) is 12.6 Å². The second-order valence-electron chi connectivity index (χ2n) is 11.4. The van der Waals surface area contributed by atoms with Crippen molar-refractivity contribution in [3.05, 3.63) is 53.9 Å². The van der Waals surface area contributed by atoms with Gasteiger partial charge in [0.1, 0.15) is 40.5 Å². The zero-order valence-electron chi connectivity index (χ0n) is 24.9. The molecule has 3 atom stereocenters. The van der Waals surface area contributed by atoms with Crippen molar-refractivity contribution in [2.24, 2.45) is 0 Å². The SMILES string of the molecule is C=CC(=O)N1CCC(Oc2nc(OC)nc3c(F)c(-c4ccc(F)c5sc(N)c(C#N)c45)c(F)cc23)C1.FC1CC2CCCN2C1. The van der Waals surface area contributed by atoms with Crippen molar-refractivity contribution < 1.29 is 31.8 Å². The van der Waals surface area contributed by atoms with Crippen molar-refractivity contribution in [2.45, 2.75) is 44.0 Å². The first-order valence-corrected chi connectivity index (χ1v) is 15.6. The molecule has 2 N–H and O–H groups in total. The lowest BCUT2D eigenvalue weighted by Crippen LogP contribution is -2.29. The number of anilines is 1. The number of carbonyl (C=O) groups excluding carboxylic acids is 1. The van der Waals surface area contributed by atoms with Crippen LogP contribution in [-0.2, 0) is 4.79 Å². The number of rotatable bonds is 5. The summed E-state index contributed by atoms with van der Waals surface area (Å²) in [5, 5.41) is 9.56. The highest BCUT2D eigenvalue weighted by atomic mass is 32.1. The predicted octanol–water partition coefficient (Wildman–Crippen LogP) is 5.75. The summed E-state index contributed by atoms with van der Waals surface area (Å²) in [5.41, 5.74) is 4.95. The Hall–Kier alpha value is -4.48. The molecule has 2 aromatic carbocycles. The molecule has 5 heterocycles. The molecule has 3 aliphatic rings. The first-order valence-electron chi connectivity index (χ1n) is 14.7. The smallest absolute Gasteiger partial charge is 0.320 e. The first kappa shape index (κ1) is 31.5. The molecule has 46 heavy (non-hydrogen) atoms. The van der Waals surface area contributed by atoms with Crippen molar-refractivity contribution in [1.82, 2.24) is 19.8 Å². The predicted molar refractivity (Wildman–Crippen MR) is 166 cm³/mol. The van der Waals surface area contributed by atoms with Crippen molar-refractivity contribution in [1.29, 1.82) is 5.26 Å². The van der Waals surface area contributed by atoms with E-state index in [0.29, 0.717) is 25.6 Å². The second-order valence-corrected chi connectivity index (χ2v) is 12.4. The zero-order chi connectivity index (χ0) is 32.7. The molecule has 9 nitrogen and oxygen atoms in total. The van der Waals surface area contributed by atoms with Gasteiger partial charge in [0, 0.05) is 30.9 Å². The van der Waals surface area contributed by atoms with Gasteiger partial charge in [-0.15, -0.1) is 11.3 Å². The highest BCUT2D eigenvalue weighted by Gasteiger charge is 2.35. The van der Waals surface area contributed by atoms with Gasteiger partial charge in [0.05, 0.1) is 34.9 Å². The number of likely N-dealkylation sites (tertiary alicyclic amines) is 1. The van der Waals surface area contributed by atoms with E-state index in [1.807, 2.05) is 6.07 Å². The van der Waals surface area contributed by atoms with Gasteiger partial charge in [0.2, 0.25) is 11.8 Å². The van der Waals surface area contributed by atoms with Crippen LogP contribution in [0, 0.1) is 28.8 Å². The fourth-order valence-corrected chi connectivity index (χ4v) is 7.37. The Morgan fingerprint density at radius 1 is 1.20 bits per heavy atom. The molecule has 2 aromatic heterocycles. The third kappa shape index (κ3) is 5.69. The highest BCUT2D eigenvalue weighted by Crippen LogP contribution is 2.44. The van der Waals surface area contributed by atoms with Crippen LogP contribution in [0.15, 0.2) is 30.9 Å². The number of thiophene rings is 1. The zero-order valence-corrected chi connectivity index (χ0v) is 25.7. The quantitative estimate of drug-likeness (QED) is 0.214. The Bertz CT molecular complexity index is 1880. The molecule has 0 aliphatic carbocycles. The maximum Gasteiger partial charge on any atom is 0.320 e. The molecule has 240 valence electrons. The van der Waals surface area contributed by atoms with E-state index in [4.69, 9.17) is 15.2 Å². The van der Waals surface area contributed by atoms with Crippen molar-refractivity contribution >= 4 is 43.2 Å². The van der Waals surface area contributed by atoms with Crippen LogP contribution in [-0.4, -0.2) is 77.3 Å². The minimum Gasteiger partial charge on any atom is -0.472 e. The number of nitrogen functional groups attached to an aromatic ring is 1. The van der Waals surface area contributed by atoms with Crippen molar-refractivity contribution in [3.63, 3.8) is 0 Å². The van der Waals surface area contributed by atoms with Gasteiger partial charge in [0.25, 0.3) is 0 Å². The molecule has 0 spiro atoms. The number of aromatic nitrogens is 2. The summed E-state index contributed by atoms with van der Waals surface area (Å²) in [6.45, 7) is 5.99. The Labute approximate surface area is 265 Å². The van der Waals surface area contributed by atoms with E-state index in [9.17, 15) is 18.8 Å². The third-order valence-electron chi connectivity index (χ3n) is 8.58. The van der Waals surface area contributed by atoms with E-state index < -0.39 is 35.3 Å². The fraction of sp³-hybridized carbons (Fsp3) is 0.375. The van der Waals surface area contributed by atoms with Crippen LogP contribution in [0.3, 0.4) is 0 Å². The summed E-state index contributed by atoms with van der Waals surface area (Å²) in [6.07, 6.45) is 4.00. The van der Waals surface area contributed by atoms with E-state index in [0.717, 1.165) is 36.4 Å². The van der Waals surface area contributed by atoms with E-state index in [-0.39, 0.29) is 61.5 Å². The standard InChI is InChI=1S/C25H18F3N5O3S.C7H12FN/c1-3-17(34)33-7-6-11(10-33)36-24-13-8-16(27)19(20(28)21(13)31-25(32-24)35-2)12-4-5-15(26)22-18(12)14(9-29)23(30)37-22;8-6-4-7-2-1-3-9(7)5-6/h3-5,8,11H,1,6-7,10,30H2,2H3;6-7H,1-5H2. The number of methoxy groups -OCH3 is 1. The number of ether oxygens (including phenoxy) is 2. The number of benzene rings is 2. The van der Waals surface area contributed by atoms with Crippen molar-refractivity contribution in [2.75, 3.05) is 39.0 Å². The lowest BCUT2D eigenvalue weighted by Gasteiger charge is -2.17. The van der Waals surface area contributed by atoms with Crippen LogP contribution < -0.4 is 15.2 Å². The number of fused-ring (bicyclic) bond motifs is 3. The molecule has 3 aliphatic heterocycles. The van der Waals surface area contributed by atoms with Gasteiger partial charge < -0.3 is 20.1 Å². The van der Waals surface area contributed by atoms with Crippen molar-refractivity contribution in [3.8, 4) is 29.1 Å². The van der Waals surface area contributed by atoms with Gasteiger partial charge in [-0.05, 0) is 49.6 Å². The lowest BCUT2D eigenvalue weighted by atomic mass is 9.97. The largest absolute Gasteiger partial charge is 0.472 e. The maximum absolute atomic E-state index is 16.0. The van der Waals surface area contributed by atoms with Crippen LogP contribution in [0.25, 0.3) is 32.1 Å². The van der Waals surface area contributed by atoms with Crippen LogP contribution >= 0.6 is 11.3 Å². The van der Waals surface area contributed by atoms with Crippen LogP contribution in [0.1, 0.15) is 31.2 Å². The molecule has 7 rings (SSSR count). The average molecular weight is 655 g/mol. The molecule has 3 saturated heterocycles. The molecule has 1 amide bonds. The summed E-state index contributed by atoms with van der Waals surface area (Å²) < 4.78 is 69.7.